The third-order valence-electron chi connectivity index (χ3n) is 3.05. The summed E-state index contributed by atoms with van der Waals surface area (Å²) < 4.78 is 0. The topological polar surface area (TPSA) is 69.6 Å². The van der Waals surface area contributed by atoms with Crippen molar-refractivity contribution in [3.05, 3.63) is 65.7 Å². The first kappa shape index (κ1) is 14.1. The van der Waals surface area contributed by atoms with E-state index in [2.05, 4.69) is 5.32 Å². The van der Waals surface area contributed by atoms with Gasteiger partial charge in [-0.3, -0.25) is 0 Å². The molecule has 2 aromatic carbocycles. The first-order chi connectivity index (χ1) is 9.69. The molecule has 0 aromatic heterocycles. The second-order valence-corrected chi connectivity index (χ2v) is 4.60. The minimum absolute atomic E-state index is 0.00950. The molecule has 0 saturated heterocycles. The fraction of sp³-hybridized carbons (Fsp3) is 0.188. The van der Waals surface area contributed by atoms with Crippen molar-refractivity contribution in [3.63, 3.8) is 0 Å². The smallest absolute Gasteiger partial charge is 0.335 e. The molecule has 2 aromatic rings. The predicted octanol–water partition coefficient (Wildman–Crippen LogP) is 2.40. The zero-order chi connectivity index (χ0) is 14.4. The third kappa shape index (κ3) is 3.83. The molecule has 0 amide bonds. The van der Waals surface area contributed by atoms with Crippen molar-refractivity contribution in [2.45, 2.75) is 12.5 Å². The van der Waals surface area contributed by atoms with Crippen LogP contribution in [0.2, 0.25) is 0 Å². The van der Waals surface area contributed by atoms with Gasteiger partial charge in [-0.15, -0.1) is 0 Å². The van der Waals surface area contributed by atoms with E-state index in [0.717, 1.165) is 11.3 Å². The molecular formula is C16H17NO3. The van der Waals surface area contributed by atoms with Gasteiger partial charge in [-0.25, -0.2) is 4.79 Å². The lowest BCUT2D eigenvalue weighted by molar-refractivity contribution is 0.0697. The van der Waals surface area contributed by atoms with E-state index in [1.54, 1.807) is 24.3 Å². The van der Waals surface area contributed by atoms with Gasteiger partial charge in [0.2, 0.25) is 0 Å². The van der Waals surface area contributed by atoms with Crippen LogP contribution >= 0.6 is 0 Å². The number of hydrogen-bond donors (Lipinski definition) is 3. The Balaban J connectivity index is 2.01. The number of nitrogens with one attached hydrogen (secondary N) is 1. The van der Waals surface area contributed by atoms with Gasteiger partial charge in [-0.1, -0.05) is 30.3 Å². The van der Waals surface area contributed by atoms with E-state index < -0.39 is 5.97 Å². The molecule has 20 heavy (non-hydrogen) atoms. The Bertz CT molecular complexity index is 552. The molecule has 4 nitrogen and oxygen atoms in total. The van der Waals surface area contributed by atoms with E-state index in [1.807, 2.05) is 30.3 Å². The van der Waals surface area contributed by atoms with Gasteiger partial charge in [0.15, 0.2) is 0 Å². The van der Waals surface area contributed by atoms with E-state index in [1.165, 1.54) is 0 Å². The van der Waals surface area contributed by atoms with E-state index in [0.29, 0.717) is 6.42 Å². The minimum Gasteiger partial charge on any atom is -0.478 e. The zero-order valence-corrected chi connectivity index (χ0v) is 11.0. The Morgan fingerprint density at radius 3 is 2.25 bits per heavy atom. The standard InChI is InChI=1S/C16H17NO3/c18-11-15(10-12-4-2-1-3-5-12)17-14-8-6-13(7-9-14)16(19)20/h1-9,15,17-18H,10-11H2,(H,19,20). The number of anilines is 1. The van der Waals surface area contributed by atoms with Crippen molar-refractivity contribution in [1.82, 2.24) is 0 Å². The van der Waals surface area contributed by atoms with Crippen LogP contribution in [0.4, 0.5) is 5.69 Å². The van der Waals surface area contributed by atoms with Crippen LogP contribution in [0, 0.1) is 0 Å². The molecule has 2 rings (SSSR count). The molecule has 104 valence electrons. The van der Waals surface area contributed by atoms with Gasteiger partial charge in [-0.2, -0.15) is 0 Å². The van der Waals surface area contributed by atoms with Gasteiger partial charge in [0, 0.05) is 5.69 Å². The number of benzene rings is 2. The summed E-state index contributed by atoms with van der Waals surface area (Å²) in [5.41, 5.74) is 2.19. The van der Waals surface area contributed by atoms with Crippen LogP contribution in [-0.2, 0) is 6.42 Å². The van der Waals surface area contributed by atoms with Crippen molar-refractivity contribution >= 4 is 11.7 Å². The van der Waals surface area contributed by atoms with Crippen LogP contribution in [-0.4, -0.2) is 28.8 Å². The molecule has 0 aliphatic carbocycles. The quantitative estimate of drug-likeness (QED) is 0.754. The number of rotatable bonds is 6. The second kappa shape index (κ2) is 6.73. The van der Waals surface area contributed by atoms with Gasteiger partial charge in [0.1, 0.15) is 0 Å². The summed E-state index contributed by atoms with van der Waals surface area (Å²) in [4.78, 5) is 10.8. The number of hydrogen-bond acceptors (Lipinski definition) is 3. The van der Waals surface area contributed by atoms with E-state index >= 15 is 0 Å². The first-order valence-electron chi connectivity index (χ1n) is 6.43. The lowest BCUT2D eigenvalue weighted by Crippen LogP contribution is -2.26. The van der Waals surface area contributed by atoms with Crippen molar-refractivity contribution in [2.75, 3.05) is 11.9 Å². The van der Waals surface area contributed by atoms with Crippen molar-refractivity contribution in [1.29, 1.82) is 0 Å². The van der Waals surface area contributed by atoms with Gasteiger partial charge >= 0.3 is 5.97 Å². The number of aliphatic hydroxyl groups is 1. The third-order valence-corrected chi connectivity index (χ3v) is 3.05. The fourth-order valence-electron chi connectivity index (χ4n) is 2.00. The number of carboxylic acid groups (broad SMARTS) is 1. The first-order valence-corrected chi connectivity index (χ1v) is 6.43. The summed E-state index contributed by atoms with van der Waals surface area (Å²) in [6.45, 7) is 0.00950. The van der Waals surface area contributed by atoms with Crippen LogP contribution < -0.4 is 5.32 Å². The highest BCUT2D eigenvalue weighted by Gasteiger charge is 2.09. The van der Waals surface area contributed by atoms with Gasteiger partial charge in [0.05, 0.1) is 18.2 Å². The van der Waals surface area contributed by atoms with E-state index in [4.69, 9.17) is 5.11 Å². The largest absolute Gasteiger partial charge is 0.478 e. The van der Waals surface area contributed by atoms with Crippen LogP contribution in [0.1, 0.15) is 15.9 Å². The molecular weight excluding hydrogens is 254 g/mol. The van der Waals surface area contributed by atoms with Crippen molar-refractivity contribution < 1.29 is 15.0 Å². The molecule has 0 aliphatic rings. The Morgan fingerprint density at radius 2 is 1.70 bits per heavy atom. The molecule has 0 aliphatic heterocycles. The second-order valence-electron chi connectivity index (χ2n) is 4.60. The molecule has 1 unspecified atom stereocenters. The molecule has 0 heterocycles. The monoisotopic (exact) mass is 271 g/mol. The molecule has 3 N–H and O–H groups in total. The van der Waals surface area contributed by atoms with Gasteiger partial charge < -0.3 is 15.5 Å². The van der Waals surface area contributed by atoms with Gasteiger partial charge in [0.25, 0.3) is 0 Å². The van der Waals surface area contributed by atoms with Crippen LogP contribution in [0.5, 0.6) is 0 Å². The van der Waals surface area contributed by atoms with Crippen molar-refractivity contribution in [2.24, 2.45) is 0 Å². The lowest BCUT2D eigenvalue weighted by Gasteiger charge is -2.17. The summed E-state index contributed by atoms with van der Waals surface area (Å²) >= 11 is 0. The highest BCUT2D eigenvalue weighted by Crippen LogP contribution is 2.13. The molecule has 4 heteroatoms. The predicted molar refractivity (Wildman–Crippen MR) is 78.0 cm³/mol. The van der Waals surface area contributed by atoms with Crippen LogP contribution in [0.25, 0.3) is 0 Å². The summed E-state index contributed by atoms with van der Waals surface area (Å²) in [7, 11) is 0. The maximum Gasteiger partial charge on any atom is 0.335 e. The molecule has 0 saturated carbocycles. The van der Waals surface area contributed by atoms with Gasteiger partial charge in [-0.05, 0) is 36.2 Å². The maximum atomic E-state index is 10.8. The van der Waals surface area contributed by atoms with Crippen molar-refractivity contribution in [3.8, 4) is 0 Å². The fourth-order valence-corrected chi connectivity index (χ4v) is 2.00. The summed E-state index contributed by atoms with van der Waals surface area (Å²) in [6.07, 6.45) is 0.706. The zero-order valence-electron chi connectivity index (χ0n) is 11.0. The molecule has 0 spiro atoms. The average Bonchev–Trinajstić information content (AvgIpc) is 2.48. The minimum atomic E-state index is -0.945. The Hall–Kier alpha value is -2.33. The lowest BCUT2D eigenvalue weighted by atomic mass is 10.1. The van der Waals surface area contributed by atoms with Crippen LogP contribution in [0.15, 0.2) is 54.6 Å². The summed E-state index contributed by atoms with van der Waals surface area (Å²) in [6, 6.07) is 16.3. The maximum absolute atomic E-state index is 10.8. The number of carboxylic acids is 1. The highest BCUT2D eigenvalue weighted by atomic mass is 16.4. The molecule has 1 atom stereocenters. The Morgan fingerprint density at radius 1 is 1.05 bits per heavy atom. The summed E-state index contributed by atoms with van der Waals surface area (Å²) in [5, 5.41) is 21.5. The SMILES string of the molecule is O=C(O)c1ccc(NC(CO)Cc2ccccc2)cc1. The Kier molecular flexibility index (Phi) is 4.74. The molecule has 0 radical (unpaired) electrons. The highest BCUT2D eigenvalue weighted by molar-refractivity contribution is 5.88. The molecule has 0 bridgehead atoms. The number of carbonyl (C=O) groups is 1. The Labute approximate surface area is 117 Å². The molecule has 0 fully saturated rings. The van der Waals surface area contributed by atoms with E-state index in [-0.39, 0.29) is 18.2 Å². The number of aromatic carboxylic acids is 1. The number of aliphatic hydroxyl groups excluding tert-OH is 1. The average molecular weight is 271 g/mol. The summed E-state index contributed by atoms with van der Waals surface area (Å²) in [5.74, 6) is -0.945. The van der Waals surface area contributed by atoms with E-state index in [9.17, 15) is 9.90 Å². The van der Waals surface area contributed by atoms with Crippen LogP contribution in [0.3, 0.4) is 0 Å². The normalized spacial score (nSPS) is 11.8.